The van der Waals surface area contributed by atoms with Gasteiger partial charge in [-0.3, -0.25) is 9.59 Å². The van der Waals surface area contributed by atoms with Crippen molar-refractivity contribution in [3.05, 3.63) is 70.1 Å². The molecule has 2 amide bonds. The molecule has 2 aromatic carbocycles. The van der Waals surface area contributed by atoms with Gasteiger partial charge in [0, 0.05) is 30.3 Å². The first kappa shape index (κ1) is 22.1. The van der Waals surface area contributed by atoms with E-state index < -0.39 is 5.63 Å². The molecule has 0 aliphatic carbocycles. The monoisotopic (exact) mass is 422 g/mol. The number of anilines is 1. The van der Waals surface area contributed by atoms with Gasteiger partial charge in [0.05, 0.1) is 6.54 Å². The molecule has 0 bridgehead atoms. The van der Waals surface area contributed by atoms with Crippen LogP contribution < -0.4 is 15.7 Å². The Morgan fingerprint density at radius 2 is 1.81 bits per heavy atom. The van der Waals surface area contributed by atoms with Crippen LogP contribution in [0.3, 0.4) is 0 Å². The van der Waals surface area contributed by atoms with Gasteiger partial charge in [0.15, 0.2) is 6.61 Å². The van der Waals surface area contributed by atoms with Crippen LogP contribution >= 0.6 is 0 Å². The first-order chi connectivity index (χ1) is 14.7. The van der Waals surface area contributed by atoms with Crippen LogP contribution in [-0.4, -0.2) is 36.9 Å². The number of nitrogens with zero attached hydrogens (tertiary/aromatic N) is 1. The van der Waals surface area contributed by atoms with Gasteiger partial charge in [-0.15, -0.1) is 0 Å². The molecule has 0 unspecified atom stereocenters. The minimum Gasteiger partial charge on any atom is -0.484 e. The molecule has 0 fully saturated rings. The maximum Gasteiger partial charge on any atom is 0.336 e. The largest absolute Gasteiger partial charge is 0.484 e. The SMILES string of the molecule is Cc1ccc(NC(=O)CN(C)C(=O)COc2ccc3c(C(C)C)cc(=O)oc3c2)cc1. The summed E-state index contributed by atoms with van der Waals surface area (Å²) in [6.07, 6.45) is 0. The number of nitrogens with one attached hydrogen (secondary N) is 1. The molecular formula is C24H26N2O5. The highest BCUT2D eigenvalue weighted by Crippen LogP contribution is 2.27. The Morgan fingerprint density at radius 1 is 1.10 bits per heavy atom. The number of fused-ring (bicyclic) bond motifs is 1. The van der Waals surface area contributed by atoms with E-state index in [2.05, 4.69) is 5.32 Å². The van der Waals surface area contributed by atoms with Gasteiger partial charge in [-0.05, 0) is 42.7 Å². The molecule has 0 aliphatic heterocycles. The van der Waals surface area contributed by atoms with Crippen LogP contribution in [0, 0.1) is 6.92 Å². The molecule has 0 saturated carbocycles. The lowest BCUT2D eigenvalue weighted by Gasteiger charge is -2.17. The van der Waals surface area contributed by atoms with Crippen LogP contribution in [0.5, 0.6) is 5.75 Å². The summed E-state index contributed by atoms with van der Waals surface area (Å²) in [6.45, 7) is 5.63. The predicted octanol–water partition coefficient (Wildman–Crippen LogP) is 3.70. The normalized spacial score (nSPS) is 10.9. The molecule has 0 saturated heterocycles. The van der Waals surface area contributed by atoms with Crippen LogP contribution in [0.15, 0.2) is 57.7 Å². The Hall–Kier alpha value is -3.61. The van der Waals surface area contributed by atoms with Gasteiger partial charge < -0.3 is 19.4 Å². The van der Waals surface area contributed by atoms with E-state index in [0.717, 1.165) is 16.5 Å². The van der Waals surface area contributed by atoms with Gasteiger partial charge in [0.2, 0.25) is 5.91 Å². The lowest BCUT2D eigenvalue weighted by atomic mass is 10.00. The van der Waals surface area contributed by atoms with E-state index in [1.165, 1.54) is 18.0 Å². The van der Waals surface area contributed by atoms with E-state index in [1.54, 1.807) is 24.3 Å². The number of rotatable bonds is 7. The molecule has 1 aromatic heterocycles. The molecule has 7 nitrogen and oxygen atoms in total. The third-order valence-electron chi connectivity index (χ3n) is 4.87. The van der Waals surface area contributed by atoms with Crippen molar-refractivity contribution in [2.75, 3.05) is 25.5 Å². The number of hydrogen-bond donors (Lipinski definition) is 1. The predicted molar refractivity (Wildman–Crippen MR) is 120 cm³/mol. The van der Waals surface area contributed by atoms with Crippen LogP contribution in [0.4, 0.5) is 5.69 Å². The Bertz CT molecular complexity index is 1150. The molecule has 3 aromatic rings. The summed E-state index contributed by atoms with van der Waals surface area (Å²) in [5.41, 5.74) is 2.64. The average Bonchev–Trinajstić information content (AvgIpc) is 2.72. The van der Waals surface area contributed by atoms with Crippen LogP contribution in [0.1, 0.15) is 30.9 Å². The van der Waals surface area contributed by atoms with Crippen LogP contribution in [-0.2, 0) is 9.59 Å². The number of ether oxygens (including phenoxy) is 1. The molecule has 1 heterocycles. The molecular weight excluding hydrogens is 396 g/mol. The van der Waals surface area contributed by atoms with Gasteiger partial charge in [0.25, 0.3) is 5.91 Å². The fraction of sp³-hybridized carbons (Fsp3) is 0.292. The van der Waals surface area contributed by atoms with Gasteiger partial charge in [0.1, 0.15) is 11.3 Å². The number of hydrogen-bond acceptors (Lipinski definition) is 5. The zero-order valence-electron chi connectivity index (χ0n) is 18.1. The molecule has 0 aliphatic rings. The van der Waals surface area contributed by atoms with Gasteiger partial charge >= 0.3 is 5.63 Å². The highest BCUT2D eigenvalue weighted by Gasteiger charge is 2.15. The van der Waals surface area contributed by atoms with Crippen LogP contribution in [0.2, 0.25) is 0 Å². The first-order valence-corrected chi connectivity index (χ1v) is 10.0. The first-order valence-electron chi connectivity index (χ1n) is 10.0. The van der Waals surface area contributed by atoms with Crippen molar-refractivity contribution in [1.82, 2.24) is 4.90 Å². The van der Waals surface area contributed by atoms with Crippen molar-refractivity contribution < 1.29 is 18.7 Å². The van der Waals surface area contributed by atoms with Crippen molar-refractivity contribution in [3.8, 4) is 5.75 Å². The Morgan fingerprint density at radius 3 is 2.48 bits per heavy atom. The second-order valence-electron chi connectivity index (χ2n) is 7.79. The zero-order chi connectivity index (χ0) is 22.5. The molecule has 162 valence electrons. The zero-order valence-corrected chi connectivity index (χ0v) is 18.1. The average molecular weight is 422 g/mol. The highest BCUT2D eigenvalue weighted by atomic mass is 16.5. The second kappa shape index (κ2) is 9.47. The molecule has 0 spiro atoms. The Balaban J connectivity index is 1.59. The summed E-state index contributed by atoms with van der Waals surface area (Å²) in [6, 6.07) is 14.0. The fourth-order valence-electron chi connectivity index (χ4n) is 3.13. The number of carbonyl (C=O) groups is 2. The maximum absolute atomic E-state index is 12.4. The Labute approximate surface area is 180 Å². The second-order valence-corrected chi connectivity index (χ2v) is 7.79. The number of aryl methyl sites for hydroxylation is 1. The maximum atomic E-state index is 12.4. The summed E-state index contributed by atoms with van der Waals surface area (Å²) in [5, 5.41) is 3.58. The molecule has 7 heteroatoms. The van der Waals surface area contributed by atoms with Crippen molar-refractivity contribution in [3.63, 3.8) is 0 Å². The van der Waals surface area contributed by atoms with E-state index in [9.17, 15) is 14.4 Å². The summed E-state index contributed by atoms with van der Waals surface area (Å²) in [5.74, 6) is -0.0769. The minimum atomic E-state index is -0.427. The fourth-order valence-corrected chi connectivity index (χ4v) is 3.13. The Kier molecular flexibility index (Phi) is 6.74. The summed E-state index contributed by atoms with van der Waals surface area (Å²) in [7, 11) is 1.54. The van der Waals surface area contributed by atoms with Crippen molar-refractivity contribution in [1.29, 1.82) is 0 Å². The molecule has 0 atom stereocenters. The lowest BCUT2D eigenvalue weighted by molar-refractivity contribution is -0.135. The standard InChI is InChI=1S/C24H26N2O5/c1-15(2)20-12-24(29)31-21-11-18(9-10-19(20)21)30-14-23(28)26(4)13-22(27)25-17-7-5-16(3)6-8-17/h5-12,15H,13-14H2,1-4H3,(H,25,27). The quantitative estimate of drug-likeness (QED) is 0.587. The van der Waals surface area contributed by atoms with Gasteiger partial charge in [-0.25, -0.2) is 4.79 Å². The van der Waals surface area contributed by atoms with Crippen LogP contribution in [0.25, 0.3) is 11.0 Å². The van der Waals surface area contributed by atoms with E-state index in [0.29, 0.717) is 17.0 Å². The van der Waals surface area contributed by atoms with E-state index in [1.807, 2.05) is 39.0 Å². The summed E-state index contributed by atoms with van der Waals surface area (Å²) >= 11 is 0. The molecule has 0 radical (unpaired) electrons. The lowest BCUT2D eigenvalue weighted by Crippen LogP contribution is -2.37. The molecule has 3 rings (SSSR count). The number of amides is 2. The van der Waals surface area contributed by atoms with Gasteiger partial charge in [-0.2, -0.15) is 0 Å². The van der Waals surface area contributed by atoms with E-state index in [-0.39, 0.29) is 30.9 Å². The number of carbonyl (C=O) groups excluding carboxylic acids is 2. The summed E-state index contributed by atoms with van der Waals surface area (Å²) < 4.78 is 10.8. The molecule has 31 heavy (non-hydrogen) atoms. The van der Waals surface area contributed by atoms with Crippen molar-refractivity contribution in [2.45, 2.75) is 26.7 Å². The van der Waals surface area contributed by atoms with Crippen molar-refractivity contribution >= 4 is 28.5 Å². The summed E-state index contributed by atoms with van der Waals surface area (Å²) in [4.78, 5) is 37.6. The number of likely N-dealkylation sites (N-methyl/N-ethyl adjacent to an activating group) is 1. The molecule has 1 N–H and O–H groups in total. The third-order valence-corrected chi connectivity index (χ3v) is 4.87. The third kappa shape index (κ3) is 5.72. The smallest absolute Gasteiger partial charge is 0.336 e. The van der Waals surface area contributed by atoms with Crippen molar-refractivity contribution in [2.24, 2.45) is 0 Å². The highest BCUT2D eigenvalue weighted by molar-refractivity contribution is 5.94. The topological polar surface area (TPSA) is 88.9 Å². The van der Waals surface area contributed by atoms with Gasteiger partial charge in [-0.1, -0.05) is 31.5 Å². The minimum absolute atomic E-state index is 0.0968. The number of benzene rings is 2. The van der Waals surface area contributed by atoms with E-state index >= 15 is 0 Å². The van der Waals surface area contributed by atoms with E-state index in [4.69, 9.17) is 9.15 Å².